The highest BCUT2D eigenvalue weighted by atomic mass is 79.9. The molecule has 0 fully saturated rings. The van der Waals surface area contributed by atoms with E-state index in [0.29, 0.717) is 11.6 Å². The maximum absolute atomic E-state index is 5.70. The van der Waals surface area contributed by atoms with Gasteiger partial charge in [0.1, 0.15) is 12.4 Å². The second kappa shape index (κ2) is 7.11. The highest BCUT2D eigenvalue weighted by molar-refractivity contribution is 9.11. The molecule has 19 heavy (non-hydrogen) atoms. The Morgan fingerprint density at radius 1 is 1.32 bits per heavy atom. The van der Waals surface area contributed by atoms with E-state index in [0.717, 1.165) is 21.2 Å². The van der Waals surface area contributed by atoms with Crippen LogP contribution in [0.5, 0.6) is 5.75 Å². The zero-order valence-corrected chi connectivity index (χ0v) is 15.2. The summed E-state index contributed by atoms with van der Waals surface area (Å²) in [5.41, 5.74) is 1.26. The van der Waals surface area contributed by atoms with Gasteiger partial charge in [-0.15, -0.1) is 0 Å². The fraction of sp³-hybridized carbons (Fsp3) is 0.429. The summed E-state index contributed by atoms with van der Waals surface area (Å²) in [7, 11) is 0. The van der Waals surface area contributed by atoms with Crippen LogP contribution in [0.3, 0.4) is 0 Å². The number of ether oxygens (including phenoxy) is 1. The molecule has 0 saturated heterocycles. The summed E-state index contributed by atoms with van der Waals surface area (Å²) in [5.74, 6) is 0.737. The first-order valence-electron chi connectivity index (χ1n) is 5.88. The van der Waals surface area contributed by atoms with E-state index in [4.69, 9.17) is 16.3 Å². The van der Waals surface area contributed by atoms with E-state index in [9.17, 15) is 0 Å². The van der Waals surface area contributed by atoms with Crippen LogP contribution in [-0.2, 0) is 6.54 Å². The third-order valence-electron chi connectivity index (χ3n) is 2.25. The molecule has 5 heteroatoms. The van der Waals surface area contributed by atoms with Crippen LogP contribution in [0, 0.1) is 0 Å². The van der Waals surface area contributed by atoms with Gasteiger partial charge in [-0.25, -0.2) is 0 Å². The molecule has 0 bridgehead atoms. The van der Waals surface area contributed by atoms with Crippen molar-refractivity contribution in [3.63, 3.8) is 0 Å². The number of hydrogen-bond acceptors (Lipinski definition) is 2. The van der Waals surface area contributed by atoms with Gasteiger partial charge in [-0.3, -0.25) is 0 Å². The molecule has 0 unspecified atom stereocenters. The Kier molecular flexibility index (Phi) is 6.37. The Labute approximate surface area is 136 Å². The molecule has 0 aliphatic heterocycles. The largest absolute Gasteiger partial charge is 0.486 e. The normalized spacial score (nSPS) is 11.5. The van der Waals surface area contributed by atoms with Crippen molar-refractivity contribution in [1.82, 2.24) is 5.32 Å². The Bertz CT molecular complexity index is 446. The van der Waals surface area contributed by atoms with Gasteiger partial charge in [-0.2, -0.15) is 0 Å². The molecule has 0 aliphatic carbocycles. The highest BCUT2D eigenvalue weighted by Crippen LogP contribution is 2.35. The van der Waals surface area contributed by atoms with Crippen molar-refractivity contribution in [3.8, 4) is 5.75 Å². The van der Waals surface area contributed by atoms with Crippen molar-refractivity contribution in [2.75, 3.05) is 6.61 Å². The van der Waals surface area contributed by atoms with Gasteiger partial charge in [0.2, 0.25) is 0 Å². The minimum Gasteiger partial charge on any atom is -0.486 e. The van der Waals surface area contributed by atoms with E-state index in [1.165, 1.54) is 5.56 Å². The lowest BCUT2D eigenvalue weighted by molar-refractivity contribution is 0.354. The summed E-state index contributed by atoms with van der Waals surface area (Å²) in [6.45, 7) is 11.1. The molecular weight excluding hydrogens is 393 g/mol. The molecule has 1 N–H and O–H groups in total. The number of hydrogen-bond donors (Lipinski definition) is 1. The predicted molar refractivity (Wildman–Crippen MR) is 88.9 cm³/mol. The van der Waals surface area contributed by atoms with Gasteiger partial charge in [0.05, 0.1) is 8.95 Å². The molecule has 0 amide bonds. The molecule has 0 radical (unpaired) electrons. The molecule has 106 valence electrons. The van der Waals surface area contributed by atoms with Crippen LogP contribution >= 0.6 is 43.5 Å². The van der Waals surface area contributed by atoms with Gasteiger partial charge in [-0.05, 0) is 70.3 Å². The van der Waals surface area contributed by atoms with E-state index in [1.807, 2.05) is 12.1 Å². The average Bonchev–Trinajstić information content (AvgIpc) is 2.23. The fourth-order valence-corrected chi connectivity index (χ4v) is 2.93. The molecule has 1 aromatic carbocycles. The summed E-state index contributed by atoms with van der Waals surface area (Å²) in [4.78, 5) is 0. The van der Waals surface area contributed by atoms with Crippen LogP contribution in [0.2, 0.25) is 0 Å². The molecule has 0 aromatic heterocycles. The third kappa shape index (κ3) is 6.30. The standard InChI is InChI=1S/C14H18Br2ClNO/c1-9(17)8-19-13-11(15)5-10(6-12(13)16)7-18-14(2,3)4/h5-6,18H,1,7-8H2,2-4H3. The Morgan fingerprint density at radius 2 is 1.84 bits per heavy atom. The first kappa shape index (κ1) is 17.0. The van der Waals surface area contributed by atoms with Crippen LogP contribution in [-0.4, -0.2) is 12.1 Å². The minimum atomic E-state index is 0.0878. The molecule has 0 atom stereocenters. The molecular formula is C14H18Br2ClNO. The number of nitrogens with one attached hydrogen (secondary N) is 1. The number of halogens is 3. The van der Waals surface area contributed by atoms with Crippen LogP contribution in [0.4, 0.5) is 0 Å². The zero-order valence-electron chi connectivity index (χ0n) is 11.3. The van der Waals surface area contributed by atoms with Crippen LogP contribution in [0.1, 0.15) is 26.3 Å². The summed E-state index contributed by atoms with van der Waals surface area (Å²) < 4.78 is 7.37. The first-order chi connectivity index (χ1) is 8.69. The van der Waals surface area contributed by atoms with Gasteiger partial charge >= 0.3 is 0 Å². The second-order valence-corrected chi connectivity index (χ2v) is 7.54. The van der Waals surface area contributed by atoms with Crippen molar-refractivity contribution < 1.29 is 4.74 Å². The molecule has 1 aromatic rings. The van der Waals surface area contributed by atoms with Crippen molar-refractivity contribution in [2.45, 2.75) is 32.9 Å². The van der Waals surface area contributed by atoms with Gasteiger partial charge in [-0.1, -0.05) is 18.2 Å². The van der Waals surface area contributed by atoms with Crippen molar-refractivity contribution >= 4 is 43.5 Å². The van der Waals surface area contributed by atoms with E-state index in [-0.39, 0.29) is 5.54 Å². The zero-order chi connectivity index (χ0) is 14.6. The van der Waals surface area contributed by atoms with Gasteiger partial charge in [0.25, 0.3) is 0 Å². The Morgan fingerprint density at radius 3 is 2.26 bits per heavy atom. The Balaban J connectivity index is 2.81. The van der Waals surface area contributed by atoms with E-state index in [1.54, 1.807) is 0 Å². The van der Waals surface area contributed by atoms with Crippen molar-refractivity contribution in [3.05, 3.63) is 38.3 Å². The molecule has 0 heterocycles. The fourth-order valence-electron chi connectivity index (χ4n) is 1.37. The quantitative estimate of drug-likeness (QED) is 0.716. The van der Waals surface area contributed by atoms with E-state index < -0.39 is 0 Å². The van der Waals surface area contributed by atoms with Crippen LogP contribution in [0.15, 0.2) is 32.7 Å². The van der Waals surface area contributed by atoms with Crippen molar-refractivity contribution in [1.29, 1.82) is 0 Å². The predicted octanol–water partition coefficient (Wildman–Crippen LogP) is 5.23. The molecule has 1 rings (SSSR count). The minimum absolute atomic E-state index is 0.0878. The highest BCUT2D eigenvalue weighted by Gasteiger charge is 2.12. The average molecular weight is 412 g/mol. The summed E-state index contributed by atoms with van der Waals surface area (Å²) in [6, 6.07) is 4.08. The van der Waals surface area contributed by atoms with Crippen LogP contribution < -0.4 is 10.1 Å². The van der Waals surface area contributed by atoms with Crippen LogP contribution in [0.25, 0.3) is 0 Å². The van der Waals surface area contributed by atoms with E-state index in [2.05, 4.69) is 64.5 Å². The molecule has 0 saturated carbocycles. The lowest BCUT2D eigenvalue weighted by Crippen LogP contribution is -2.35. The smallest absolute Gasteiger partial charge is 0.148 e. The lowest BCUT2D eigenvalue weighted by atomic mass is 10.1. The molecule has 0 spiro atoms. The third-order valence-corrected chi connectivity index (χ3v) is 3.54. The summed E-state index contributed by atoms with van der Waals surface area (Å²) in [5, 5.41) is 3.91. The molecule has 0 aliphatic rings. The monoisotopic (exact) mass is 409 g/mol. The summed E-state index contributed by atoms with van der Waals surface area (Å²) in [6.07, 6.45) is 0. The van der Waals surface area contributed by atoms with E-state index >= 15 is 0 Å². The second-order valence-electron chi connectivity index (χ2n) is 5.30. The van der Waals surface area contributed by atoms with Crippen molar-refractivity contribution in [2.24, 2.45) is 0 Å². The number of benzene rings is 1. The topological polar surface area (TPSA) is 21.3 Å². The number of rotatable bonds is 5. The van der Waals surface area contributed by atoms with Gasteiger partial charge < -0.3 is 10.1 Å². The van der Waals surface area contributed by atoms with Gasteiger partial charge in [0, 0.05) is 17.1 Å². The first-order valence-corrected chi connectivity index (χ1v) is 7.84. The maximum atomic E-state index is 5.70. The summed E-state index contributed by atoms with van der Waals surface area (Å²) >= 11 is 12.7. The maximum Gasteiger partial charge on any atom is 0.148 e. The lowest BCUT2D eigenvalue weighted by Gasteiger charge is -2.21. The molecule has 2 nitrogen and oxygen atoms in total. The Hall–Kier alpha value is -0.0300. The SMILES string of the molecule is C=C(Cl)COc1c(Br)cc(CNC(C)(C)C)cc1Br. The van der Waals surface area contributed by atoms with Gasteiger partial charge in [0.15, 0.2) is 0 Å².